The van der Waals surface area contributed by atoms with E-state index in [-0.39, 0.29) is 12.0 Å². The van der Waals surface area contributed by atoms with Gasteiger partial charge in [0, 0.05) is 48.2 Å². The Labute approximate surface area is 179 Å². The molecule has 0 saturated carbocycles. The monoisotopic (exact) mass is 426 g/mol. The summed E-state index contributed by atoms with van der Waals surface area (Å²) >= 11 is 1.57. The molecular formula is C21H26N6O2S. The maximum absolute atomic E-state index is 12.7. The summed E-state index contributed by atoms with van der Waals surface area (Å²) in [5.41, 5.74) is 4.69. The van der Waals surface area contributed by atoms with Crippen molar-refractivity contribution in [2.45, 2.75) is 39.8 Å². The molecule has 1 fully saturated rings. The Morgan fingerprint density at radius 1 is 1.27 bits per heavy atom. The number of morpholine rings is 1. The van der Waals surface area contributed by atoms with Crippen LogP contribution < -0.4 is 5.32 Å². The number of hydrogen-bond donors (Lipinski definition) is 1. The Balaban J connectivity index is 1.42. The topological polar surface area (TPSA) is 85.2 Å². The van der Waals surface area contributed by atoms with Gasteiger partial charge in [0.25, 0.3) is 0 Å². The predicted molar refractivity (Wildman–Crippen MR) is 116 cm³/mol. The number of nitrogens with one attached hydrogen (secondary N) is 1. The largest absolute Gasteiger partial charge is 0.368 e. The fourth-order valence-corrected chi connectivity index (χ4v) is 4.22. The van der Waals surface area contributed by atoms with Gasteiger partial charge in [-0.3, -0.25) is 14.5 Å². The number of ether oxygens (including phenoxy) is 1. The third-order valence-corrected chi connectivity index (χ3v) is 5.93. The van der Waals surface area contributed by atoms with Gasteiger partial charge in [-0.2, -0.15) is 5.10 Å². The van der Waals surface area contributed by atoms with Gasteiger partial charge < -0.3 is 15.0 Å². The lowest BCUT2D eigenvalue weighted by molar-refractivity contribution is -0.139. The van der Waals surface area contributed by atoms with Crippen LogP contribution in [0.25, 0.3) is 0 Å². The normalized spacial score (nSPS) is 16.6. The summed E-state index contributed by atoms with van der Waals surface area (Å²) in [6.45, 7) is 8.11. The molecule has 0 spiro atoms. The molecule has 1 amide bonds. The number of carbonyl (C=O) groups is 1. The number of hydrogen-bond acceptors (Lipinski definition) is 7. The standard InChI is InChI=1S/C21H26N6O2S/c1-14-10-17(25-21-24-15(2)13-30-21)11-18(23-14)19-12-26(8-9-29-19)20(28)5-7-27-16(3)4-6-22-27/h4,6,10-11,13,19H,5,7-9,12H2,1-3H3,(H,23,24,25)/t19-/m0/s1. The third kappa shape index (κ3) is 4.85. The average Bonchev–Trinajstić information content (AvgIpc) is 3.33. The molecule has 3 aromatic rings. The van der Waals surface area contributed by atoms with Gasteiger partial charge in [-0.15, -0.1) is 11.3 Å². The molecule has 158 valence electrons. The van der Waals surface area contributed by atoms with E-state index in [4.69, 9.17) is 4.74 Å². The second-order valence-corrected chi connectivity index (χ2v) is 8.34. The summed E-state index contributed by atoms with van der Waals surface area (Å²) in [5.74, 6) is 0.113. The van der Waals surface area contributed by atoms with Gasteiger partial charge >= 0.3 is 0 Å². The Bertz CT molecular complexity index is 1030. The fourth-order valence-electron chi connectivity index (χ4n) is 3.51. The van der Waals surface area contributed by atoms with Gasteiger partial charge in [0.05, 0.1) is 24.5 Å². The molecule has 1 N–H and O–H groups in total. The summed E-state index contributed by atoms with van der Waals surface area (Å²) < 4.78 is 7.82. The molecule has 1 aliphatic rings. The summed E-state index contributed by atoms with van der Waals surface area (Å²) in [7, 11) is 0. The molecule has 1 saturated heterocycles. The van der Waals surface area contributed by atoms with Crippen LogP contribution in [0.5, 0.6) is 0 Å². The van der Waals surface area contributed by atoms with E-state index in [1.54, 1.807) is 17.5 Å². The second-order valence-electron chi connectivity index (χ2n) is 7.49. The van der Waals surface area contributed by atoms with E-state index in [0.717, 1.165) is 33.6 Å². The zero-order valence-electron chi connectivity index (χ0n) is 17.5. The van der Waals surface area contributed by atoms with Crippen molar-refractivity contribution in [3.63, 3.8) is 0 Å². The smallest absolute Gasteiger partial charge is 0.224 e. The van der Waals surface area contributed by atoms with Crippen molar-refractivity contribution in [2.75, 3.05) is 25.0 Å². The van der Waals surface area contributed by atoms with Crippen molar-refractivity contribution < 1.29 is 9.53 Å². The molecule has 4 heterocycles. The van der Waals surface area contributed by atoms with Gasteiger partial charge in [0.1, 0.15) is 6.10 Å². The van der Waals surface area contributed by atoms with Gasteiger partial charge in [-0.05, 0) is 39.0 Å². The predicted octanol–water partition coefficient (Wildman–Crippen LogP) is 3.39. The summed E-state index contributed by atoms with van der Waals surface area (Å²) in [5, 5.41) is 10.4. The van der Waals surface area contributed by atoms with E-state index >= 15 is 0 Å². The fraction of sp³-hybridized carbons (Fsp3) is 0.429. The Kier molecular flexibility index (Phi) is 6.10. The molecule has 30 heavy (non-hydrogen) atoms. The van der Waals surface area contributed by atoms with Crippen molar-refractivity contribution in [1.29, 1.82) is 0 Å². The molecule has 0 aromatic carbocycles. The van der Waals surface area contributed by atoms with E-state index in [9.17, 15) is 4.79 Å². The minimum Gasteiger partial charge on any atom is -0.368 e. The number of rotatable bonds is 6. The lowest BCUT2D eigenvalue weighted by Gasteiger charge is -2.33. The number of carbonyl (C=O) groups excluding carboxylic acids is 1. The van der Waals surface area contributed by atoms with Crippen molar-refractivity contribution in [3.05, 3.63) is 52.6 Å². The molecule has 1 atom stereocenters. The minimum absolute atomic E-state index is 0.113. The molecule has 8 nitrogen and oxygen atoms in total. The van der Waals surface area contributed by atoms with Crippen LogP contribution in [-0.2, 0) is 16.1 Å². The van der Waals surface area contributed by atoms with Crippen molar-refractivity contribution in [1.82, 2.24) is 24.6 Å². The van der Waals surface area contributed by atoms with Crippen molar-refractivity contribution in [3.8, 4) is 0 Å². The van der Waals surface area contributed by atoms with E-state index in [2.05, 4.69) is 20.4 Å². The van der Waals surface area contributed by atoms with Gasteiger partial charge in [0.15, 0.2) is 5.13 Å². The highest BCUT2D eigenvalue weighted by Gasteiger charge is 2.26. The second kappa shape index (κ2) is 8.93. The van der Waals surface area contributed by atoms with E-state index < -0.39 is 0 Å². The highest BCUT2D eigenvalue weighted by Crippen LogP contribution is 2.27. The highest BCUT2D eigenvalue weighted by atomic mass is 32.1. The highest BCUT2D eigenvalue weighted by molar-refractivity contribution is 7.13. The zero-order valence-corrected chi connectivity index (χ0v) is 18.3. The maximum Gasteiger partial charge on any atom is 0.224 e. The minimum atomic E-state index is -0.243. The molecule has 0 radical (unpaired) electrons. The summed E-state index contributed by atoms with van der Waals surface area (Å²) in [6.07, 6.45) is 1.94. The molecule has 0 aliphatic carbocycles. The van der Waals surface area contributed by atoms with Crippen LogP contribution in [0.4, 0.5) is 10.8 Å². The number of thiazole rings is 1. The molecule has 9 heteroatoms. The molecular weight excluding hydrogens is 400 g/mol. The Morgan fingerprint density at radius 2 is 2.13 bits per heavy atom. The van der Waals surface area contributed by atoms with Gasteiger partial charge in [-0.25, -0.2) is 4.98 Å². The Hall–Kier alpha value is -2.78. The van der Waals surface area contributed by atoms with E-state index in [1.807, 2.05) is 53.9 Å². The van der Waals surface area contributed by atoms with Crippen LogP contribution in [0.3, 0.4) is 0 Å². The van der Waals surface area contributed by atoms with Crippen LogP contribution in [-0.4, -0.2) is 50.3 Å². The number of nitrogens with zero attached hydrogens (tertiary/aromatic N) is 5. The lowest BCUT2D eigenvalue weighted by atomic mass is 10.1. The number of aryl methyl sites for hydroxylation is 4. The quantitative estimate of drug-likeness (QED) is 0.650. The molecule has 0 bridgehead atoms. The van der Waals surface area contributed by atoms with Crippen LogP contribution in [0.1, 0.15) is 35.3 Å². The van der Waals surface area contributed by atoms with E-state index in [0.29, 0.717) is 32.7 Å². The first-order chi connectivity index (χ1) is 14.5. The van der Waals surface area contributed by atoms with Crippen LogP contribution in [0.15, 0.2) is 29.8 Å². The zero-order chi connectivity index (χ0) is 21.1. The maximum atomic E-state index is 12.7. The number of aromatic nitrogens is 4. The third-order valence-electron chi connectivity index (χ3n) is 5.06. The summed E-state index contributed by atoms with van der Waals surface area (Å²) in [6, 6.07) is 5.91. The average molecular weight is 427 g/mol. The van der Waals surface area contributed by atoms with Crippen LogP contribution >= 0.6 is 11.3 Å². The van der Waals surface area contributed by atoms with Gasteiger partial charge in [-0.1, -0.05) is 0 Å². The van der Waals surface area contributed by atoms with Gasteiger partial charge in [0.2, 0.25) is 5.91 Å². The summed E-state index contributed by atoms with van der Waals surface area (Å²) in [4.78, 5) is 23.7. The van der Waals surface area contributed by atoms with Crippen molar-refractivity contribution in [2.24, 2.45) is 0 Å². The first kappa shape index (κ1) is 20.5. The number of pyridine rings is 1. The number of amides is 1. The van der Waals surface area contributed by atoms with Crippen LogP contribution in [0, 0.1) is 20.8 Å². The van der Waals surface area contributed by atoms with Crippen molar-refractivity contribution >= 4 is 28.1 Å². The lowest BCUT2D eigenvalue weighted by Crippen LogP contribution is -2.42. The first-order valence-corrected chi connectivity index (χ1v) is 10.9. The van der Waals surface area contributed by atoms with E-state index in [1.165, 1.54) is 0 Å². The first-order valence-electron chi connectivity index (χ1n) is 10.0. The molecule has 0 unspecified atom stereocenters. The Morgan fingerprint density at radius 3 is 2.87 bits per heavy atom. The SMILES string of the molecule is Cc1cc(Nc2nc(C)cs2)cc([C@@H]2CN(C(=O)CCn3nccc3C)CCO2)n1. The molecule has 1 aliphatic heterocycles. The molecule has 3 aromatic heterocycles. The van der Waals surface area contributed by atoms with Crippen LogP contribution in [0.2, 0.25) is 0 Å². The number of anilines is 2. The molecule has 4 rings (SSSR count).